The minimum atomic E-state index is -4.99. The number of hydrogen-bond donors (Lipinski definition) is 0. The number of nitrogens with zero attached hydrogens (tertiary/aromatic N) is 2. The van der Waals surface area contributed by atoms with E-state index in [-0.39, 0.29) is 6.42 Å². The largest absolute Gasteiger partial charge is 0.416 e. The van der Waals surface area contributed by atoms with E-state index in [1.54, 1.807) is 0 Å². The zero-order valence-electron chi connectivity index (χ0n) is 18.3. The van der Waals surface area contributed by atoms with Crippen molar-refractivity contribution in [2.45, 2.75) is 49.9 Å². The molecule has 0 spiro atoms. The molecule has 1 aliphatic carbocycles. The molecule has 0 N–H and O–H groups in total. The average molecular weight is 468 g/mol. The fraction of sp³-hybridized carbons (Fsp3) is 0.480. The molecular weight excluding hydrogens is 442 g/mol. The Morgan fingerprint density at radius 2 is 1.45 bits per heavy atom. The lowest BCUT2D eigenvalue weighted by Gasteiger charge is -2.33. The summed E-state index contributed by atoms with van der Waals surface area (Å²) in [7, 11) is 1.86. The number of rotatable bonds is 9. The van der Waals surface area contributed by atoms with E-state index in [4.69, 9.17) is 0 Å². The summed E-state index contributed by atoms with van der Waals surface area (Å²) in [6, 6.07) is 13.8. The highest BCUT2D eigenvalue weighted by atomic mass is 19.4. The van der Waals surface area contributed by atoms with Crippen molar-refractivity contribution in [2.24, 2.45) is 5.92 Å². The van der Waals surface area contributed by atoms with E-state index in [9.17, 15) is 31.6 Å². The summed E-state index contributed by atoms with van der Waals surface area (Å²) in [5.41, 5.74) is -4.30. The van der Waals surface area contributed by atoms with Gasteiger partial charge in [-0.2, -0.15) is 31.6 Å². The van der Waals surface area contributed by atoms with Crippen molar-refractivity contribution in [1.82, 2.24) is 4.90 Å². The van der Waals surface area contributed by atoms with Crippen LogP contribution in [0.5, 0.6) is 0 Å². The molecule has 0 radical (unpaired) electrons. The van der Waals surface area contributed by atoms with Crippen LogP contribution in [0.25, 0.3) is 0 Å². The van der Waals surface area contributed by atoms with Gasteiger partial charge >= 0.3 is 12.4 Å². The second kappa shape index (κ2) is 9.76. The molecule has 8 heteroatoms. The number of likely N-dealkylation sites (N-methyl/N-ethyl adjacent to an activating group) is 1. The first-order valence-electron chi connectivity index (χ1n) is 10.9. The molecule has 1 saturated carbocycles. The standard InChI is InChI=1S/C25H26F6N2/c1-33(16-13-18-7-3-2-4-8-18)15-6-14-23(17-32,19-11-12-19)22-20(24(26,27)28)9-5-10-21(22)25(29,30)31/h2-5,7-10,19H,6,11-16H2,1H3. The number of nitriles is 1. The molecule has 0 aliphatic heterocycles. The molecule has 178 valence electrons. The van der Waals surface area contributed by atoms with E-state index in [1.165, 1.54) is 0 Å². The average Bonchev–Trinajstić information content (AvgIpc) is 3.60. The maximum atomic E-state index is 13.8. The summed E-state index contributed by atoms with van der Waals surface area (Å²) in [6.45, 7) is 1.17. The van der Waals surface area contributed by atoms with Crippen LogP contribution in [0, 0.1) is 17.2 Å². The van der Waals surface area contributed by atoms with Crippen LogP contribution in [0.2, 0.25) is 0 Å². The first-order valence-corrected chi connectivity index (χ1v) is 10.9. The molecular formula is C25H26F6N2. The predicted octanol–water partition coefficient (Wildman–Crippen LogP) is 6.85. The molecule has 2 aromatic carbocycles. The molecule has 2 aromatic rings. The summed E-state index contributed by atoms with van der Waals surface area (Å²) >= 11 is 0. The van der Waals surface area contributed by atoms with Crippen LogP contribution in [-0.4, -0.2) is 25.0 Å². The fourth-order valence-electron chi connectivity index (χ4n) is 4.52. The maximum Gasteiger partial charge on any atom is 0.416 e. The Kier molecular flexibility index (Phi) is 7.42. The Hall–Kier alpha value is -2.53. The normalized spacial score (nSPS) is 16.5. The molecule has 0 saturated heterocycles. The Morgan fingerprint density at radius 3 is 1.94 bits per heavy atom. The molecule has 1 fully saturated rings. The van der Waals surface area contributed by atoms with Crippen molar-refractivity contribution < 1.29 is 26.3 Å². The first-order chi connectivity index (χ1) is 15.5. The number of hydrogen-bond acceptors (Lipinski definition) is 2. The number of benzene rings is 2. The van der Waals surface area contributed by atoms with Gasteiger partial charge in [0.05, 0.1) is 22.6 Å². The van der Waals surface area contributed by atoms with Gasteiger partial charge in [-0.25, -0.2) is 0 Å². The van der Waals surface area contributed by atoms with Gasteiger partial charge in [0.1, 0.15) is 0 Å². The van der Waals surface area contributed by atoms with Crippen molar-refractivity contribution in [3.63, 3.8) is 0 Å². The van der Waals surface area contributed by atoms with Crippen LogP contribution in [0.4, 0.5) is 26.3 Å². The van der Waals surface area contributed by atoms with Gasteiger partial charge in [0.25, 0.3) is 0 Å². The minimum absolute atomic E-state index is 0.0555. The second-order valence-electron chi connectivity index (χ2n) is 8.72. The Bertz CT molecular complexity index is 941. The highest BCUT2D eigenvalue weighted by Gasteiger charge is 2.54. The summed E-state index contributed by atoms with van der Waals surface area (Å²) < 4.78 is 82.8. The van der Waals surface area contributed by atoms with Crippen molar-refractivity contribution in [3.05, 3.63) is 70.8 Å². The van der Waals surface area contributed by atoms with E-state index in [0.717, 1.165) is 18.1 Å². The van der Waals surface area contributed by atoms with Crippen LogP contribution < -0.4 is 0 Å². The summed E-state index contributed by atoms with van der Waals surface area (Å²) in [5.74, 6) is -0.512. The number of halogens is 6. The van der Waals surface area contributed by atoms with Crippen LogP contribution in [-0.2, 0) is 24.2 Å². The third kappa shape index (κ3) is 5.89. The molecule has 2 nitrogen and oxygen atoms in total. The lowest BCUT2D eigenvalue weighted by molar-refractivity contribution is -0.145. The topological polar surface area (TPSA) is 27.0 Å². The highest BCUT2D eigenvalue weighted by molar-refractivity contribution is 5.49. The summed E-state index contributed by atoms with van der Waals surface area (Å²) in [5, 5.41) is 10.0. The fourth-order valence-corrected chi connectivity index (χ4v) is 4.52. The first kappa shape index (κ1) is 25.1. The van der Waals surface area contributed by atoms with Crippen LogP contribution in [0.15, 0.2) is 48.5 Å². The van der Waals surface area contributed by atoms with Crippen LogP contribution >= 0.6 is 0 Å². The molecule has 1 atom stereocenters. The van der Waals surface area contributed by atoms with E-state index >= 15 is 0 Å². The molecule has 3 rings (SSSR count). The third-order valence-corrected chi connectivity index (χ3v) is 6.33. The van der Waals surface area contributed by atoms with Crippen molar-refractivity contribution in [2.75, 3.05) is 20.1 Å². The lowest BCUT2D eigenvalue weighted by atomic mass is 9.70. The Morgan fingerprint density at radius 1 is 0.879 bits per heavy atom. The van der Waals surface area contributed by atoms with Gasteiger partial charge in [-0.3, -0.25) is 0 Å². The van der Waals surface area contributed by atoms with Crippen molar-refractivity contribution in [1.29, 1.82) is 5.26 Å². The van der Waals surface area contributed by atoms with Crippen molar-refractivity contribution in [3.8, 4) is 6.07 Å². The maximum absolute atomic E-state index is 13.8. The zero-order chi connectivity index (χ0) is 24.3. The van der Waals surface area contributed by atoms with E-state index in [2.05, 4.69) is 0 Å². The van der Waals surface area contributed by atoms with Gasteiger partial charge in [-0.05, 0) is 74.9 Å². The van der Waals surface area contributed by atoms with Crippen LogP contribution in [0.3, 0.4) is 0 Å². The van der Waals surface area contributed by atoms with Gasteiger partial charge in [-0.1, -0.05) is 36.4 Å². The predicted molar refractivity (Wildman–Crippen MR) is 113 cm³/mol. The molecule has 0 bridgehead atoms. The van der Waals surface area contributed by atoms with Crippen LogP contribution in [0.1, 0.15) is 47.9 Å². The number of alkyl halides is 6. The van der Waals surface area contributed by atoms with E-state index in [0.29, 0.717) is 44.5 Å². The summed E-state index contributed by atoms with van der Waals surface area (Å²) in [6.07, 6.45) is -8.04. The van der Waals surface area contributed by atoms with E-state index in [1.807, 2.05) is 48.3 Å². The lowest BCUT2D eigenvalue weighted by Crippen LogP contribution is -2.35. The minimum Gasteiger partial charge on any atom is -0.306 e. The van der Waals surface area contributed by atoms with Gasteiger partial charge in [0, 0.05) is 6.54 Å². The zero-order valence-corrected chi connectivity index (χ0v) is 18.3. The molecule has 1 unspecified atom stereocenters. The molecule has 0 aromatic heterocycles. The smallest absolute Gasteiger partial charge is 0.306 e. The third-order valence-electron chi connectivity index (χ3n) is 6.33. The second-order valence-corrected chi connectivity index (χ2v) is 8.72. The van der Waals surface area contributed by atoms with Gasteiger partial charge in [0.2, 0.25) is 0 Å². The van der Waals surface area contributed by atoms with Gasteiger partial charge < -0.3 is 4.90 Å². The highest BCUT2D eigenvalue weighted by Crippen LogP contribution is 2.55. The molecule has 0 amide bonds. The molecule has 1 aliphatic rings. The van der Waals surface area contributed by atoms with Gasteiger partial charge in [-0.15, -0.1) is 0 Å². The summed E-state index contributed by atoms with van der Waals surface area (Å²) in [4.78, 5) is 1.99. The SMILES string of the molecule is CN(CCCC(C#N)(c1c(C(F)(F)F)cccc1C(F)(F)F)C1CC1)CCc1ccccc1. The molecule has 0 heterocycles. The Balaban J connectivity index is 1.85. The van der Waals surface area contributed by atoms with Gasteiger partial charge in [0.15, 0.2) is 0 Å². The Labute approximate surface area is 189 Å². The molecule has 33 heavy (non-hydrogen) atoms. The van der Waals surface area contributed by atoms with E-state index < -0.39 is 40.4 Å². The monoisotopic (exact) mass is 468 g/mol. The quantitative estimate of drug-likeness (QED) is 0.377. The van der Waals surface area contributed by atoms with Crippen molar-refractivity contribution >= 4 is 0 Å².